The fourth-order valence-corrected chi connectivity index (χ4v) is 3.94. The molecule has 1 aliphatic rings. The number of aromatic nitrogens is 5. The fraction of sp³-hybridized carbons (Fsp3) is 0.350. The first-order chi connectivity index (χ1) is 13.6. The van der Waals surface area contributed by atoms with Gasteiger partial charge in [0.25, 0.3) is 0 Å². The van der Waals surface area contributed by atoms with Crippen LogP contribution in [0.15, 0.2) is 41.9 Å². The van der Waals surface area contributed by atoms with E-state index < -0.39 is 0 Å². The summed E-state index contributed by atoms with van der Waals surface area (Å²) in [7, 11) is 0. The molecule has 0 spiro atoms. The maximum Gasteiger partial charge on any atom is 0.138 e. The summed E-state index contributed by atoms with van der Waals surface area (Å²) in [5, 5.41) is 8.89. The normalized spacial score (nSPS) is 14.1. The average Bonchev–Trinajstić information content (AvgIpc) is 3.23. The second-order valence-electron chi connectivity index (χ2n) is 6.77. The highest BCUT2D eigenvalue weighted by Crippen LogP contribution is 2.35. The minimum atomic E-state index is -0.356. The standard InChI is InChI=1S/C20H21BrFN5O/c1-3-28-13(2)17-10-15(22)7-8-18(17)27-19(23-12-25-27)9-14-11-24-26(20(14)21)16-5-4-6-16/h7-8,10-12,16H,2-6,9H2,1H3. The van der Waals surface area contributed by atoms with Crippen LogP contribution < -0.4 is 0 Å². The summed E-state index contributed by atoms with van der Waals surface area (Å²) in [5.74, 6) is 0.772. The monoisotopic (exact) mass is 445 g/mol. The maximum atomic E-state index is 13.8. The molecule has 4 rings (SSSR count). The zero-order chi connectivity index (χ0) is 19.7. The molecule has 1 fully saturated rings. The molecule has 3 aromatic rings. The topological polar surface area (TPSA) is 57.8 Å². The number of ether oxygens (including phenoxy) is 1. The van der Waals surface area contributed by atoms with Crippen LogP contribution in [0.4, 0.5) is 4.39 Å². The van der Waals surface area contributed by atoms with Crippen molar-refractivity contribution in [2.24, 2.45) is 0 Å². The van der Waals surface area contributed by atoms with Gasteiger partial charge in [-0.05, 0) is 60.3 Å². The molecule has 1 aliphatic carbocycles. The number of hydrogen-bond donors (Lipinski definition) is 0. The van der Waals surface area contributed by atoms with Crippen molar-refractivity contribution in [1.29, 1.82) is 0 Å². The van der Waals surface area contributed by atoms with E-state index in [1.165, 1.54) is 24.9 Å². The van der Waals surface area contributed by atoms with Gasteiger partial charge in [0.15, 0.2) is 0 Å². The van der Waals surface area contributed by atoms with E-state index in [2.05, 4.69) is 37.7 Å². The summed E-state index contributed by atoms with van der Waals surface area (Å²) < 4.78 is 24.1. The molecule has 0 radical (unpaired) electrons. The Balaban J connectivity index is 1.67. The van der Waals surface area contributed by atoms with Gasteiger partial charge < -0.3 is 4.74 Å². The van der Waals surface area contributed by atoms with Gasteiger partial charge in [-0.25, -0.2) is 14.1 Å². The third-order valence-electron chi connectivity index (χ3n) is 5.00. The lowest BCUT2D eigenvalue weighted by atomic mass is 9.93. The Morgan fingerprint density at radius 2 is 2.18 bits per heavy atom. The molecule has 28 heavy (non-hydrogen) atoms. The first-order valence-electron chi connectivity index (χ1n) is 9.31. The molecule has 0 amide bonds. The highest BCUT2D eigenvalue weighted by atomic mass is 79.9. The summed E-state index contributed by atoms with van der Waals surface area (Å²) in [5.41, 5.74) is 2.26. The van der Waals surface area contributed by atoms with Crippen LogP contribution in [-0.4, -0.2) is 31.2 Å². The Hall–Kier alpha value is -2.48. The quantitative estimate of drug-likeness (QED) is 0.495. The lowest BCUT2D eigenvalue weighted by molar-refractivity contribution is 0.285. The minimum absolute atomic E-state index is 0.356. The molecule has 0 saturated heterocycles. The molecular weight excluding hydrogens is 425 g/mol. The summed E-state index contributed by atoms with van der Waals surface area (Å²) in [6.45, 7) is 6.24. The molecule has 6 nitrogen and oxygen atoms in total. The molecule has 1 saturated carbocycles. The van der Waals surface area contributed by atoms with E-state index in [1.807, 2.05) is 17.8 Å². The molecule has 0 unspecified atom stereocenters. The number of benzene rings is 1. The summed E-state index contributed by atoms with van der Waals surface area (Å²) in [6, 6.07) is 4.94. The van der Waals surface area contributed by atoms with E-state index in [9.17, 15) is 4.39 Å². The maximum absolute atomic E-state index is 13.8. The van der Waals surface area contributed by atoms with Crippen LogP contribution in [0.25, 0.3) is 11.4 Å². The number of rotatable bonds is 7. The SMILES string of the molecule is C=C(OCC)c1cc(F)ccc1-n1ncnc1Cc1cnn(C2CCC2)c1Br. The van der Waals surface area contributed by atoms with E-state index in [1.54, 1.807) is 10.7 Å². The fourth-order valence-electron chi connectivity index (χ4n) is 3.31. The Morgan fingerprint density at radius 1 is 1.36 bits per heavy atom. The van der Waals surface area contributed by atoms with Gasteiger partial charge >= 0.3 is 0 Å². The van der Waals surface area contributed by atoms with Gasteiger partial charge in [0.2, 0.25) is 0 Å². The van der Waals surface area contributed by atoms with E-state index in [0.29, 0.717) is 36.1 Å². The zero-order valence-electron chi connectivity index (χ0n) is 15.6. The third kappa shape index (κ3) is 3.48. The predicted octanol–water partition coefficient (Wildman–Crippen LogP) is 4.69. The van der Waals surface area contributed by atoms with E-state index in [-0.39, 0.29) is 5.82 Å². The van der Waals surface area contributed by atoms with Crippen molar-refractivity contribution in [3.63, 3.8) is 0 Å². The Kier molecular flexibility index (Phi) is 5.30. The molecule has 1 aromatic carbocycles. The van der Waals surface area contributed by atoms with Crippen LogP contribution in [-0.2, 0) is 11.2 Å². The highest BCUT2D eigenvalue weighted by molar-refractivity contribution is 9.10. The summed E-state index contributed by atoms with van der Waals surface area (Å²) in [6.07, 6.45) is 7.48. The molecule has 2 aromatic heterocycles. The van der Waals surface area contributed by atoms with E-state index >= 15 is 0 Å². The van der Waals surface area contributed by atoms with E-state index in [0.717, 1.165) is 28.8 Å². The van der Waals surface area contributed by atoms with Crippen LogP contribution in [0.5, 0.6) is 0 Å². The second kappa shape index (κ2) is 7.87. The van der Waals surface area contributed by atoms with Crippen LogP contribution in [0, 0.1) is 5.82 Å². The molecular formula is C20H21BrFN5O. The van der Waals surface area contributed by atoms with Crippen molar-refractivity contribution in [1.82, 2.24) is 24.5 Å². The van der Waals surface area contributed by atoms with Crippen molar-refractivity contribution in [3.05, 3.63) is 64.7 Å². The van der Waals surface area contributed by atoms with Gasteiger partial charge in [0.1, 0.15) is 28.3 Å². The Morgan fingerprint density at radius 3 is 2.89 bits per heavy atom. The third-order valence-corrected chi connectivity index (χ3v) is 5.87. The van der Waals surface area contributed by atoms with Crippen LogP contribution in [0.3, 0.4) is 0 Å². The first-order valence-corrected chi connectivity index (χ1v) is 10.1. The van der Waals surface area contributed by atoms with Gasteiger partial charge in [0, 0.05) is 17.5 Å². The summed E-state index contributed by atoms with van der Waals surface area (Å²) in [4.78, 5) is 4.42. The molecule has 0 bridgehead atoms. The molecule has 146 valence electrons. The lowest BCUT2D eigenvalue weighted by Crippen LogP contribution is -2.18. The number of nitrogens with zero attached hydrogens (tertiary/aromatic N) is 5. The second-order valence-corrected chi connectivity index (χ2v) is 7.52. The van der Waals surface area contributed by atoms with Gasteiger partial charge in [-0.15, -0.1) is 0 Å². The molecule has 0 aliphatic heterocycles. The van der Waals surface area contributed by atoms with Crippen LogP contribution in [0.1, 0.15) is 49.2 Å². The van der Waals surface area contributed by atoms with Crippen molar-refractivity contribution in [2.45, 2.75) is 38.6 Å². The van der Waals surface area contributed by atoms with Gasteiger partial charge in [-0.2, -0.15) is 10.2 Å². The van der Waals surface area contributed by atoms with E-state index in [4.69, 9.17) is 4.74 Å². The van der Waals surface area contributed by atoms with Crippen LogP contribution in [0.2, 0.25) is 0 Å². The van der Waals surface area contributed by atoms with Gasteiger partial charge in [-0.1, -0.05) is 6.58 Å². The Bertz CT molecular complexity index is 1010. The van der Waals surface area contributed by atoms with Gasteiger partial charge in [0.05, 0.1) is 24.5 Å². The molecule has 0 atom stereocenters. The molecule has 0 N–H and O–H groups in total. The van der Waals surface area contributed by atoms with Crippen molar-refractivity contribution < 1.29 is 9.13 Å². The largest absolute Gasteiger partial charge is 0.494 e. The first kappa shape index (κ1) is 18.9. The predicted molar refractivity (Wildman–Crippen MR) is 108 cm³/mol. The zero-order valence-corrected chi connectivity index (χ0v) is 17.2. The highest BCUT2D eigenvalue weighted by Gasteiger charge is 2.24. The van der Waals surface area contributed by atoms with Crippen molar-refractivity contribution >= 4 is 21.7 Å². The lowest BCUT2D eigenvalue weighted by Gasteiger charge is -2.26. The summed E-state index contributed by atoms with van der Waals surface area (Å²) >= 11 is 3.68. The smallest absolute Gasteiger partial charge is 0.138 e. The van der Waals surface area contributed by atoms with Crippen molar-refractivity contribution in [3.8, 4) is 5.69 Å². The average molecular weight is 446 g/mol. The Labute approximate surface area is 171 Å². The molecule has 8 heteroatoms. The number of halogens is 2. The van der Waals surface area contributed by atoms with Gasteiger partial charge in [-0.3, -0.25) is 4.68 Å². The molecule has 2 heterocycles. The minimum Gasteiger partial charge on any atom is -0.494 e. The van der Waals surface area contributed by atoms with Crippen LogP contribution >= 0.6 is 15.9 Å². The van der Waals surface area contributed by atoms with Crippen molar-refractivity contribution in [2.75, 3.05) is 6.61 Å². The number of hydrogen-bond acceptors (Lipinski definition) is 4.